The van der Waals surface area contributed by atoms with Crippen LogP contribution in [0.1, 0.15) is 29.3 Å². The number of hydrogen-bond acceptors (Lipinski definition) is 3. The van der Waals surface area contributed by atoms with Gasteiger partial charge in [0, 0.05) is 22.1 Å². The highest BCUT2D eigenvalue weighted by Gasteiger charge is 2.50. The maximum Gasteiger partial charge on any atom is 0.264 e. The molecular formula is C18H16BrNO3. The number of Topliss-reactive ketones (excluding diaryl/α,β-unsaturated/α-hetero) is 1. The normalized spacial score (nSPS) is 19.8. The molecule has 0 bridgehead atoms. The lowest BCUT2D eigenvalue weighted by Gasteiger charge is -2.22. The van der Waals surface area contributed by atoms with E-state index >= 15 is 0 Å². The lowest BCUT2D eigenvalue weighted by atomic mass is 9.88. The van der Waals surface area contributed by atoms with E-state index in [-0.39, 0.29) is 12.2 Å². The van der Waals surface area contributed by atoms with Crippen molar-refractivity contribution >= 4 is 33.3 Å². The zero-order chi connectivity index (χ0) is 16.6. The van der Waals surface area contributed by atoms with Crippen LogP contribution in [0.3, 0.4) is 0 Å². The summed E-state index contributed by atoms with van der Waals surface area (Å²) in [5.74, 6) is -0.709. The Bertz CT molecular complexity index is 789. The highest BCUT2D eigenvalue weighted by atomic mass is 79.9. The van der Waals surface area contributed by atoms with Gasteiger partial charge in [-0.1, -0.05) is 46.3 Å². The molecule has 0 saturated heterocycles. The van der Waals surface area contributed by atoms with Crippen LogP contribution in [0.4, 0.5) is 5.69 Å². The largest absolute Gasteiger partial charge is 0.375 e. The van der Waals surface area contributed by atoms with Crippen LogP contribution < -0.4 is 4.90 Å². The van der Waals surface area contributed by atoms with Gasteiger partial charge in [0.25, 0.3) is 5.91 Å². The molecule has 0 unspecified atom stereocenters. The van der Waals surface area contributed by atoms with Gasteiger partial charge in [0.1, 0.15) is 0 Å². The molecule has 2 aromatic carbocycles. The van der Waals surface area contributed by atoms with Crippen LogP contribution >= 0.6 is 15.9 Å². The van der Waals surface area contributed by atoms with Crippen molar-refractivity contribution in [3.05, 3.63) is 64.1 Å². The summed E-state index contributed by atoms with van der Waals surface area (Å²) in [6, 6.07) is 14.0. The van der Waals surface area contributed by atoms with E-state index in [1.165, 1.54) is 4.90 Å². The Kier molecular flexibility index (Phi) is 4.08. The van der Waals surface area contributed by atoms with Crippen molar-refractivity contribution in [2.75, 3.05) is 11.4 Å². The molecule has 4 nitrogen and oxygen atoms in total. The zero-order valence-electron chi connectivity index (χ0n) is 12.6. The third-order valence-corrected chi connectivity index (χ3v) is 4.61. The molecule has 1 heterocycles. The molecule has 1 aliphatic rings. The molecule has 118 valence electrons. The third-order valence-electron chi connectivity index (χ3n) is 4.12. The van der Waals surface area contributed by atoms with Gasteiger partial charge in [-0.2, -0.15) is 0 Å². The SMILES string of the molecule is CCN1C(=O)[C@@](O)(CC(=O)c2cccc(Br)c2)c2ccccc21. The maximum absolute atomic E-state index is 12.7. The van der Waals surface area contributed by atoms with E-state index in [9.17, 15) is 14.7 Å². The summed E-state index contributed by atoms with van der Waals surface area (Å²) in [6.45, 7) is 2.29. The number of para-hydroxylation sites is 1. The van der Waals surface area contributed by atoms with Crippen molar-refractivity contribution in [2.24, 2.45) is 0 Å². The van der Waals surface area contributed by atoms with Crippen LogP contribution in [0, 0.1) is 0 Å². The van der Waals surface area contributed by atoms with Gasteiger partial charge >= 0.3 is 0 Å². The van der Waals surface area contributed by atoms with Gasteiger partial charge in [0.05, 0.1) is 12.1 Å². The van der Waals surface area contributed by atoms with Crippen LogP contribution in [0.5, 0.6) is 0 Å². The van der Waals surface area contributed by atoms with Crippen LogP contribution in [-0.4, -0.2) is 23.3 Å². The molecule has 0 radical (unpaired) electrons. The fraction of sp³-hybridized carbons (Fsp3) is 0.222. The summed E-state index contributed by atoms with van der Waals surface area (Å²) in [4.78, 5) is 26.7. The van der Waals surface area contributed by atoms with E-state index in [4.69, 9.17) is 0 Å². The molecule has 3 rings (SSSR count). The summed E-state index contributed by atoms with van der Waals surface area (Å²) in [5, 5.41) is 11.0. The number of halogens is 1. The Labute approximate surface area is 142 Å². The highest BCUT2D eigenvalue weighted by Crippen LogP contribution is 2.42. The van der Waals surface area contributed by atoms with Crippen molar-refractivity contribution in [2.45, 2.75) is 18.9 Å². The minimum atomic E-state index is -1.80. The molecule has 1 atom stereocenters. The Morgan fingerprint density at radius 2 is 1.96 bits per heavy atom. The monoisotopic (exact) mass is 373 g/mol. The van der Waals surface area contributed by atoms with Crippen molar-refractivity contribution in [1.82, 2.24) is 0 Å². The number of hydrogen-bond donors (Lipinski definition) is 1. The van der Waals surface area contributed by atoms with E-state index < -0.39 is 11.5 Å². The summed E-state index contributed by atoms with van der Waals surface area (Å²) < 4.78 is 0.781. The number of aliphatic hydroxyl groups is 1. The number of benzene rings is 2. The first-order valence-corrected chi connectivity index (χ1v) is 8.19. The second-order valence-corrected chi connectivity index (χ2v) is 6.45. The van der Waals surface area contributed by atoms with Gasteiger partial charge in [-0.05, 0) is 25.1 Å². The predicted octanol–water partition coefficient (Wildman–Crippen LogP) is 3.28. The molecule has 2 aromatic rings. The molecule has 23 heavy (non-hydrogen) atoms. The first-order chi connectivity index (χ1) is 11.0. The van der Waals surface area contributed by atoms with E-state index in [2.05, 4.69) is 15.9 Å². The van der Waals surface area contributed by atoms with Gasteiger partial charge in [0.2, 0.25) is 0 Å². The number of ketones is 1. The second-order valence-electron chi connectivity index (χ2n) is 5.54. The first kappa shape index (κ1) is 15.9. The smallest absolute Gasteiger partial charge is 0.264 e. The second kappa shape index (κ2) is 5.91. The molecule has 0 saturated carbocycles. The number of anilines is 1. The van der Waals surface area contributed by atoms with Crippen molar-refractivity contribution in [3.8, 4) is 0 Å². The quantitative estimate of drug-likeness (QED) is 0.836. The van der Waals surface area contributed by atoms with Gasteiger partial charge < -0.3 is 10.0 Å². The average molecular weight is 374 g/mol. The van der Waals surface area contributed by atoms with Gasteiger partial charge in [-0.15, -0.1) is 0 Å². The lowest BCUT2D eigenvalue weighted by Crippen LogP contribution is -2.41. The fourth-order valence-corrected chi connectivity index (χ4v) is 3.39. The van der Waals surface area contributed by atoms with Crippen LogP contribution in [0.15, 0.2) is 53.0 Å². The van der Waals surface area contributed by atoms with Gasteiger partial charge in [0.15, 0.2) is 11.4 Å². The number of rotatable bonds is 4. The Morgan fingerprint density at radius 3 is 2.65 bits per heavy atom. The number of nitrogens with zero attached hydrogens (tertiary/aromatic N) is 1. The molecule has 1 aliphatic heterocycles. The number of likely N-dealkylation sites (N-methyl/N-ethyl adjacent to an activating group) is 1. The zero-order valence-corrected chi connectivity index (χ0v) is 14.2. The Hall–Kier alpha value is -1.98. The highest BCUT2D eigenvalue weighted by molar-refractivity contribution is 9.10. The molecule has 1 N–H and O–H groups in total. The van der Waals surface area contributed by atoms with E-state index in [1.54, 1.807) is 36.4 Å². The minimum absolute atomic E-state index is 0.268. The number of carbonyl (C=O) groups is 2. The number of amides is 1. The van der Waals surface area contributed by atoms with E-state index in [1.807, 2.05) is 19.1 Å². The Balaban J connectivity index is 1.98. The third kappa shape index (κ3) is 2.60. The minimum Gasteiger partial charge on any atom is -0.375 e. The van der Waals surface area contributed by atoms with E-state index in [0.717, 1.165) is 4.47 Å². The van der Waals surface area contributed by atoms with Gasteiger partial charge in [-0.25, -0.2) is 0 Å². The molecule has 0 aromatic heterocycles. The maximum atomic E-state index is 12.7. The number of fused-ring (bicyclic) bond motifs is 1. The van der Waals surface area contributed by atoms with Crippen molar-refractivity contribution < 1.29 is 14.7 Å². The first-order valence-electron chi connectivity index (χ1n) is 7.40. The molecule has 5 heteroatoms. The topological polar surface area (TPSA) is 57.6 Å². The summed E-state index contributed by atoms with van der Waals surface area (Å²) >= 11 is 3.33. The van der Waals surface area contributed by atoms with Crippen LogP contribution in [-0.2, 0) is 10.4 Å². The standard InChI is InChI=1S/C18H16BrNO3/c1-2-20-15-9-4-3-8-14(15)18(23,17(20)22)11-16(21)12-6-5-7-13(19)10-12/h3-10,23H,2,11H2,1H3/t18-/m1/s1. The average Bonchev–Trinajstić information content (AvgIpc) is 2.75. The van der Waals surface area contributed by atoms with Crippen molar-refractivity contribution in [1.29, 1.82) is 0 Å². The molecular weight excluding hydrogens is 358 g/mol. The summed E-state index contributed by atoms with van der Waals surface area (Å²) in [6.07, 6.45) is -0.268. The summed E-state index contributed by atoms with van der Waals surface area (Å²) in [5.41, 5.74) is -0.167. The molecule has 0 fully saturated rings. The molecule has 1 amide bonds. The summed E-state index contributed by atoms with van der Waals surface area (Å²) in [7, 11) is 0. The van der Waals surface area contributed by atoms with Crippen LogP contribution in [0.25, 0.3) is 0 Å². The van der Waals surface area contributed by atoms with Crippen LogP contribution in [0.2, 0.25) is 0 Å². The molecule has 0 aliphatic carbocycles. The van der Waals surface area contributed by atoms with E-state index in [0.29, 0.717) is 23.4 Å². The lowest BCUT2D eigenvalue weighted by molar-refractivity contribution is -0.135. The van der Waals surface area contributed by atoms with Crippen molar-refractivity contribution in [3.63, 3.8) is 0 Å². The Morgan fingerprint density at radius 1 is 1.22 bits per heavy atom. The van der Waals surface area contributed by atoms with Gasteiger partial charge in [-0.3, -0.25) is 9.59 Å². The number of carbonyl (C=O) groups excluding carboxylic acids is 2. The fourth-order valence-electron chi connectivity index (χ4n) is 2.99. The predicted molar refractivity (Wildman–Crippen MR) is 91.5 cm³/mol. The molecule has 0 spiro atoms.